The van der Waals surface area contributed by atoms with Gasteiger partial charge in [0.1, 0.15) is 5.82 Å². The molecule has 4 nitrogen and oxygen atoms in total. The van der Waals surface area contributed by atoms with Gasteiger partial charge in [0.25, 0.3) is 0 Å². The van der Waals surface area contributed by atoms with Crippen molar-refractivity contribution in [3.63, 3.8) is 0 Å². The van der Waals surface area contributed by atoms with E-state index in [4.69, 9.17) is 15.0 Å². The Labute approximate surface area is 176 Å². The fourth-order valence-electron chi connectivity index (χ4n) is 3.75. The van der Waals surface area contributed by atoms with Crippen LogP contribution in [0.3, 0.4) is 0 Å². The number of benzene rings is 3. The van der Waals surface area contributed by atoms with Crippen LogP contribution in [0, 0.1) is 0 Å². The van der Waals surface area contributed by atoms with Crippen LogP contribution in [-0.4, -0.2) is 19.5 Å². The van der Waals surface area contributed by atoms with Crippen molar-refractivity contribution in [3.8, 4) is 11.4 Å². The first-order valence-corrected chi connectivity index (χ1v) is 10.3. The van der Waals surface area contributed by atoms with Crippen LogP contribution < -0.4 is 0 Å². The Hall–Kier alpha value is -3.53. The van der Waals surface area contributed by atoms with Gasteiger partial charge in [-0.1, -0.05) is 87.5 Å². The van der Waals surface area contributed by atoms with Gasteiger partial charge in [-0.3, -0.25) is 0 Å². The molecule has 2 heterocycles. The van der Waals surface area contributed by atoms with E-state index in [1.807, 2.05) is 30.3 Å². The molecule has 0 spiro atoms. The summed E-state index contributed by atoms with van der Waals surface area (Å²) >= 11 is 0. The van der Waals surface area contributed by atoms with Gasteiger partial charge in [-0.2, -0.15) is 0 Å². The molecule has 0 atom stereocenters. The summed E-state index contributed by atoms with van der Waals surface area (Å²) in [7, 11) is 0. The van der Waals surface area contributed by atoms with E-state index < -0.39 is 0 Å². The number of hydrogen-bond acceptors (Lipinski definition) is 3. The number of aromatic nitrogens is 4. The average molecular weight is 393 g/mol. The van der Waals surface area contributed by atoms with Gasteiger partial charge in [0.2, 0.25) is 0 Å². The zero-order chi connectivity index (χ0) is 20.7. The Balaban J connectivity index is 1.71. The van der Waals surface area contributed by atoms with E-state index in [0.717, 1.165) is 28.1 Å². The lowest BCUT2D eigenvalue weighted by Gasteiger charge is -2.19. The molecular weight excluding hydrogens is 368 g/mol. The Morgan fingerprint density at radius 1 is 0.700 bits per heavy atom. The van der Waals surface area contributed by atoms with Crippen LogP contribution in [0.2, 0.25) is 0 Å². The second-order valence-electron chi connectivity index (χ2n) is 8.69. The fraction of sp³-hybridized carbons (Fsp3) is 0.192. The van der Waals surface area contributed by atoms with Crippen molar-refractivity contribution in [2.24, 2.45) is 0 Å². The topological polar surface area (TPSA) is 43.6 Å². The van der Waals surface area contributed by atoms with E-state index in [0.29, 0.717) is 12.2 Å². The van der Waals surface area contributed by atoms with Crippen LogP contribution in [0.25, 0.3) is 33.7 Å². The molecule has 0 amide bonds. The maximum atomic E-state index is 4.91. The van der Waals surface area contributed by atoms with Crippen molar-refractivity contribution in [1.82, 2.24) is 19.5 Å². The van der Waals surface area contributed by atoms with Crippen LogP contribution in [0.4, 0.5) is 0 Å². The smallest absolute Gasteiger partial charge is 0.198 e. The molecule has 2 aromatic heterocycles. The monoisotopic (exact) mass is 392 g/mol. The van der Waals surface area contributed by atoms with E-state index >= 15 is 0 Å². The summed E-state index contributed by atoms with van der Waals surface area (Å²) in [4.78, 5) is 14.6. The maximum absolute atomic E-state index is 4.91. The highest BCUT2D eigenvalue weighted by Gasteiger charge is 2.18. The predicted molar refractivity (Wildman–Crippen MR) is 123 cm³/mol. The summed E-state index contributed by atoms with van der Waals surface area (Å²) in [6.45, 7) is 7.38. The number of hydrogen-bond donors (Lipinski definition) is 0. The third-order valence-electron chi connectivity index (χ3n) is 5.45. The van der Waals surface area contributed by atoms with Gasteiger partial charge < -0.3 is 4.57 Å². The van der Waals surface area contributed by atoms with Gasteiger partial charge >= 0.3 is 0 Å². The lowest BCUT2D eigenvalue weighted by atomic mass is 9.87. The molecule has 5 rings (SSSR count). The van der Waals surface area contributed by atoms with Crippen LogP contribution in [0.1, 0.15) is 31.9 Å². The quantitative estimate of drug-likeness (QED) is 0.379. The molecule has 4 heteroatoms. The highest BCUT2D eigenvalue weighted by Crippen LogP contribution is 2.28. The Kier molecular flexibility index (Phi) is 4.35. The highest BCUT2D eigenvalue weighted by molar-refractivity contribution is 5.85. The van der Waals surface area contributed by atoms with Crippen LogP contribution >= 0.6 is 0 Å². The van der Waals surface area contributed by atoms with Crippen molar-refractivity contribution in [3.05, 3.63) is 90.0 Å². The third-order valence-corrected chi connectivity index (χ3v) is 5.45. The summed E-state index contributed by atoms with van der Waals surface area (Å²) in [6, 6.07) is 27.1. The molecule has 0 fully saturated rings. The minimum Gasteiger partial charge on any atom is -0.303 e. The van der Waals surface area contributed by atoms with Gasteiger partial charge in [-0.25, -0.2) is 15.0 Å². The molecule has 30 heavy (non-hydrogen) atoms. The Bertz CT molecular complexity index is 1330. The van der Waals surface area contributed by atoms with E-state index in [-0.39, 0.29) is 5.41 Å². The fourth-order valence-corrected chi connectivity index (χ4v) is 3.75. The van der Waals surface area contributed by atoms with Gasteiger partial charge in [0, 0.05) is 5.56 Å². The first-order valence-electron chi connectivity index (χ1n) is 10.3. The number of imidazole rings is 1. The summed E-state index contributed by atoms with van der Waals surface area (Å²) in [6.07, 6.45) is 0. The van der Waals surface area contributed by atoms with Crippen molar-refractivity contribution in [1.29, 1.82) is 0 Å². The molecule has 148 valence electrons. The van der Waals surface area contributed by atoms with Gasteiger partial charge in [0.05, 0.1) is 17.6 Å². The lowest BCUT2D eigenvalue weighted by Crippen LogP contribution is -2.10. The minimum atomic E-state index is 0.115. The minimum absolute atomic E-state index is 0.115. The van der Waals surface area contributed by atoms with Gasteiger partial charge in [0.15, 0.2) is 11.3 Å². The predicted octanol–water partition coefficient (Wildman–Crippen LogP) is 5.99. The molecule has 0 saturated heterocycles. The number of para-hydroxylation sites is 2. The molecule has 0 radical (unpaired) electrons. The highest BCUT2D eigenvalue weighted by atomic mass is 15.2. The number of rotatable bonds is 3. The molecule has 3 aromatic carbocycles. The summed E-state index contributed by atoms with van der Waals surface area (Å²) < 4.78 is 2.18. The molecular formula is C26H24N4. The van der Waals surface area contributed by atoms with Crippen molar-refractivity contribution in [2.75, 3.05) is 0 Å². The molecule has 0 aliphatic rings. The molecule has 0 aliphatic heterocycles. The zero-order valence-electron chi connectivity index (χ0n) is 17.5. The van der Waals surface area contributed by atoms with Crippen LogP contribution in [-0.2, 0) is 12.0 Å². The molecule has 0 saturated carbocycles. The van der Waals surface area contributed by atoms with Crippen molar-refractivity contribution in [2.45, 2.75) is 32.7 Å². The zero-order valence-corrected chi connectivity index (χ0v) is 17.5. The normalized spacial score (nSPS) is 12.0. The second kappa shape index (κ2) is 7.06. The van der Waals surface area contributed by atoms with E-state index in [2.05, 4.69) is 73.9 Å². The summed E-state index contributed by atoms with van der Waals surface area (Å²) in [5, 5.41) is 0. The SMILES string of the molecule is CC(C)(C)c1ccc(-c2nc3nc4ccccc4nc3n2Cc2ccccc2)cc1. The third kappa shape index (κ3) is 3.35. The summed E-state index contributed by atoms with van der Waals surface area (Å²) in [5.74, 6) is 0.893. The molecule has 0 unspecified atom stereocenters. The first kappa shape index (κ1) is 18.5. The standard InChI is InChI=1S/C26H24N4/c1-26(2,3)20-15-13-19(14-16-20)24-29-23-25(28-22-12-8-7-11-21(22)27-23)30(24)17-18-9-5-4-6-10-18/h4-16H,17H2,1-3H3. The van der Waals surface area contributed by atoms with Crippen LogP contribution in [0.5, 0.6) is 0 Å². The summed E-state index contributed by atoms with van der Waals surface area (Å²) in [5.41, 5.74) is 6.94. The number of nitrogens with zero attached hydrogens (tertiary/aromatic N) is 4. The van der Waals surface area contributed by atoms with E-state index in [1.54, 1.807) is 0 Å². The van der Waals surface area contributed by atoms with Gasteiger partial charge in [-0.05, 0) is 28.7 Å². The molecule has 0 aliphatic carbocycles. The molecule has 0 bridgehead atoms. The van der Waals surface area contributed by atoms with Crippen molar-refractivity contribution < 1.29 is 0 Å². The van der Waals surface area contributed by atoms with Gasteiger partial charge in [-0.15, -0.1) is 0 Å². The van der Waals surface area contributed by atoms with Crippen LogP contribution in [0.15, 0.2) is 78.9 Å². The Morgan fingerprint density at radius 2 is 1.33 bits per heavy atom. The lowest BCUT2D eigenvalue weighted by molar-refractivity contribution is 0.590. The largest absolute Gasteiger partial charge is 0.303 e. The molecule has 0 N–H and O–H groups in total. The first-order chi connectivity index (χ1) is 14.5. The van der Waals surface area contributed by atoms with E-state index in [1.165, 1.54) is 11.1 Å². The van der Waals surface area contributed by atoms with E-state index in [9.17, 15) is 0 Å². The number of fused-ring (bicyclic) bond motifs is 2. The maximum Gasteiger partial charge on any atom is 0.198 e. The van der Waals surface area contributed by atoms with Crippen molar-refractivity contribution >= 4 is 22.3 Å². The second-order valence-corrected chi connectivity index (χ2v) is 8.69. The average Bonchev–Trinajstić information content (AvgIpc) is 3.09. The Morgan fingerprint density at radius 3 is 2.00 bits per heavy atom. The molecule has 5 aromatic rings.